The van der Waals surface area contributed by atoms with Gasteiger partial charge < -0.3 is 97.2 Å². The first-order chi connectivity index (χ1) is 42.6. The average Bonchev–Trinajstić information content (AvgIpc) is 2.16. The molecule has 0 saturated carbocycles. The highest BCUT2D eigenvalue weighted by atomic mass is 32.1. The summed E-state index contributed by atoms with van der Waals surface area (Å²) in [5.74, 6) is -12.7. The Labute approximate surface area is 530 Å². The largest absolute Gasteiger partial charge is 0.394 e. The number of hydrogen-bond acceptors (Lipinski definition) is 18. The van der Waals surface area contributed by atoms with E-state index < -0.39 is 169 Å². The normalized spacial score (nSPS) is 14.3. The van der Waals surface area contributed by atoms with Crippen LogP contribution in [0.25, 0.3) is 10.9 Å². The molecule has 2 aromatic carbocycles. The number of aliphatic hydroxyl groups excluding tert-OH is 1. The third kappa shape index (κ3) is 25.6. The van der Waals surface area contributed by atoms with E-state index in [0.717, 1.165) is 0 Å². The van der Waals surface area contributed by atoms with E-state index in [0.29, 0.717) is 22.0 Å². The molecule has 3 aromatic rings. The number of benzene rings is 2. The zero-order chi connectivity index (χ0) is 67.2. The van der Waals surface area contributed by atoms with Gasteiger partial charge in [-0.3, -0.25) is 67.3 Å². The Balaban J connectivity index is 1.81. The van der Waals surface area contributed by atoms with Crippen molar-refractivity contribution in [2.24, 2.45) is 39.6 Å². The second-order valence-electron chi connectivity index (χ2n) is 21.1. The molecular weight excluding hydrogens is 1210 g/mol. The van der Waals surface area contributed by atoms with Gasteiger partial charge in [-0.15, -0.1) is 0 Å². The molecule has 0 aliphatic rings. The summed E-state index contributed by atoms with van der Waals surface area (Å²) in [6, 6.07) is 1.23. The Morgan fingerprint density at radius 2 is 1.08 bits per heavy atom. The van der Waals surface area contributed by atoms with E-state index in [2.05, 4.69) is 93.7 Å². The number of aromatic nitrogens is 1. The number of fused-ring (bicyclic) bond motifs is 1. The number of aromatic amines is 1. The number of nitrogens with two attached hydrogens (primary N) is 5. The van der Waals surface area contributed by atoms with Crippen LogP contribution in [0.15, 0.2) is 65.8 Å². The highest BCUT2D eigenvalue weighted by Gasteiger charge is 2.35. The molecule has 10 atom stereocenters. The molecule has 1 aromatic heterocycles. The van der Waals surface area contributed by atoms with Crippen LogP contribution in [0.4, 0.5) is 0 Å². The zero-order valence-corrected chi connectivity index (χ0v) is 52.1. The molecule has 0 unspecified atom stereocenters. The van der Waals surface area contributed by atoms with Crippen molar-refractivity contribution in [1.29, 1.82) is 0 Å². The minimum Gasteiger partial charge on any atom is -0.394 e. The number of amides is 13. The van der Waals surface area contributed by atoms with Crippen molar-refractivity contribution in [3.05, 3.63) is 71.9 Å². The Hall–Kier alpha value is -9.02. The van der Waals surface area contributed by atoms with Crippen LogP contribution in [-0.2, 0) is 75.2 Å². The number of nitrogens with one attached hydrogen (secondary N) is 12. The topological polar surface area (TPSA) is 533 Å². The van der Waals surface area contributed by atoms with E-state index in [1.807, 2.05) is 0 Å². The van der Waals surface area contributed by atoms with Crippen LogP contribution < -0.4 is 87.2 Å². The van der Waals surface area contributed by atoms with Crippen LogP contribution in [0, 0.1) is 5.92 Å². The number of carbonyl (C=O) groups is 13. The molecule has 90 heavy (non-hydrogen) atoms. The molecule has 32 nitrogen and oxygen atoms in total. The maximum absolute atomic E-state index is 14.4. The SMILES string of the molecule is CCNC(=O)[C@H](CS)NC(=O)[C@@H](NC(=O)[C@H](CCC(N)=O)NC(=O)[C@H](CCCN=C(N)N)NC(=O)[C@H](Cc1ccccc1)NC(=O)[C@H](C)NC(=O)[C@H](CS)NC(=O)CNC(=O)[C@H](Cc1c[nH]c2ccccc12)NC(=O)[C@H](CO)NC(=O)[C@@H](N)CC(N)=O)C(C)C. The molecule has 0 radical (unpaired) electrons. The number of primary amides is 2. The minimum atomic E-state index is -1.65. The van der Waals surface area contributed by atoms with E-state index in [1.165, 1.54) is 6.92 Å². The molecule has 3 rings (SSSR count). The molecule has 13 amide bonds. The van der Waals surface area contributed by atoms with Crippen molar-refractivity contribution in [3.8, 4) is 0 Å². The zero-order valence-electron chi connectivity index (χ0n) is 50.3. The quantitative estimate of drug-likeness (QED) is 0.0109. The summed E-state index contributed by atoms with van der Waals surface area (Å²) in [4.78, 5) is 180. The van der Waals surface area contributed by atoms with Gasteiger partial charge in [-0.25, -0.2) is 0 Å². The number of H-pyrrole nitrogens is 1. The van der Waals surface area contributed by atoms with Gasteiger partial charge in [0.1, 0.15) is 54.4 Å². The van der Waals surface area contributed by atoms with Crippen molar-refractivity contribution in [2.45, 2.75) is 133 Å². The number of aliphatic hydroxyl groups is 1. The Kier molecular flexibility index (Phi) is 32.1. The average molecular weight is 1300 g/mol. The van der Waals surface area contributed by atoms with Gasteiger partial charge in [-0.1, -0.05) is 62.4 Å². The third-order valence-electron chi connectivity index (χ3n) is 13.5. The summed E-state index contributed by atoms with van der Waals surface area (Å²) in [7, 11) is 0. The summed E-state index contributed by atoms with van der Waals surface area (Å²) < 4.78 is 0. The maximum atomic E-state index is 14.4. The number of likely N-dealkylation sites (N-methyl/N-ethyl adjacent to an activating group) is 1. The van der Waals surface area contributed by atoms with Gasteiger partial charge in [0.2, 0.25) is 76.8 Å². The molecule has 0 aliphatic heterocycles. The van der Waals surface area contributed by atoms with E-state index in [9.17, 15) is 67.4 Å². The van der Waals surface area contributed by atoms with E-state index in [-0.39, 0.29) is 62.7 Å². The van der Waals surface area contributed by atoms with Crippen molar-refractivity contribution >= 4 is 119 Å². The number of guanidine groups is 1. The molecule has 0 fully saturated rings. The molecule has 1 heterocycles. The smallest absolute Gasteiger partial charge is 0.245 e. The van der Waals surface area contributed by atoms with E-state index in [1.54, 1.807) is 81.6 Å². The van der Waals surface area contributed by atoms with Gasteiger partial charge >= 0.3 is 0 Å². The van der Waals surface area contributed by atoms with Gasteiger partial charge in [0.25, 0.3) is 0 Å². The number of hydrogen-bond donors (Lipinski definition) is 20. The number of para-hydroxylation sites is 1. The van der Waals surface area contributed by atoms with Gasteiger partial charge in [-0.2, -0.15) is 25.3 Å². The fourth-order valence-electron chi connectivity index (χ4n) is 8.66. The van der Waals surface area contributed by atoms with Crippen LogP contribution >= 0.6 is 25.3 Å². The maximum Gasteiger partial charge on any atom is 0.245 e. The molecule has 0 bridgehead atoms. The predicted molar refractivity (Wildman–Crippen MR) is 337 cm³/mol. The number of rotatable bonds is 39. The fraction of sp³-hybridized carbons (Fsp3) is 0.500. The molecule has 23 N–H and O–H groups in total. The first-order valence-corrected chi connectivity index (χ1v) is 30.0. The Bertz CT molecular complexity index is 3020. The van der Waals surface area contributed by atoms with E-state index >= 15 is 0 Å². The minimum absolute atomic E-state index is 0.0197. The summed E-state index contributed by atoms with van der Waals surface area (Å²) in [6.07, 6.45) is -0.165. The van der Waals surface area contributed by atoms with Gasteiger partial charge in [0, 0.05) is 61.0 Å². The lowest BCUT2D eigenvalue weighted by Gasteiger charge is -2.28. The summed E-state index contributed by atoms with van der Waals surface area (Å²) in [6.45, 7) is 4.73. The van der Waals surface area contributed by atoms with E-state index in [4.69, 9.17) is 28.7 Å². The standard InChI is InChI=1S/C56H84N18O14S2/c1-5-62-49(82)40(26-89)73-55(88)45(28(2)3)74-51(84)36(17-18-42(58)76)69-50(83)35(16-11-19-63-56(60)61)68-52(85)37(20-30-12-7-6-8-13-30)70-46(79)29(4)66-54(87)41(27-90)67-44(78)24-65-48(81)38(21-31-23-64-34-15-10-9-14-32(31)34)71-53(86)39(25-75)72-47(80)33(57)22-43(59)77/h6-10,12-15,23,28-29,33,35-41,45,64,75,89-90H,5,11,16-22,24-27,57H2,1-4H3,(H2,58,76)(H2,59,77)(H,62,82)(H,65,81)(H,66,87)(H,67,78)(H,68,85)(H,69,83)(H,70,79)(H,71,86)(H,72,80)(H,73,88)(H,74,84)(H4,60,61,63)/t29-,33-,35-,36-,37-,38-,39-,40-,41-,45-/m0/s1. The first-order valence-electron chi connectivity index (χ1n) is 28.7. The van der Waals surface area contributed by atoms with Crippen molar-refractivity contribution in [3.63, 3.8) is 0 Å². The predicted octanol–water partition coefficient (Wildman–Crippen LogP) is -6.38. The highest BCUT2D eigenvalue weighted by Crippen LogP contribution is 2.20. The lowest BCUT2D eigenvalue weighted by molar-refractivity contribution is -0.136. The van der Waals surface area contributed by atoms with Crippen molar-refractivity contribution in [2.75, 3.05) is 37.7 Å². The van der Waals surface area contributed by atoms with Gasteiger partial charge in [-0.05, 0) is 56.2 Å². The molecule has 0 saturated heterocycles. The molecule has 0 spiro atoms. The lowest BCUT2D eigenvalue weighted by Crippen LogP contribution is -2.61. The van der Waals surface area contributed by atoms with Crippen LogP contribution in [0.2, 0.25) is 0 Å². The molecular formula is C56H84N18O14S2. The number of carbonyl (C=O) groups excluding carboxylic acids is 13. The highest BCUT2D eigenvalue weighted by molar-refractivity contribution is 7.80. The van der Waals surface area contributed by atoms with Gasteiger partial charge in [0.05, 0.1) is 25.6 Å². The summed E-state index contributed by atoms with van der Waals surface area (Å²) in [5.41, 5.74) is 29.1. The molecule has 494 valence electrons. The number of aliphatic imine (C=N–C) groups is 1. The van der Waals surface area contributed by atoms with Crippen LogP contribution in [0.5, 0.6) is 0 Å². The molecule has 34 heteroatoms. The fourth-order valence-corrected chi connectivity index (χ4v) is 9.18. The van der Waals surface area contributed by atoms with Gasteiger partial charge in [0.15, 0.2) is 5.96 Å². The van der Waals surface area contributed by atoms with Crippen LogP contribution in [0.1, 0.15) is 70.9 Å². The van der Waals surface area contributed by atoms with Crippen molar-refractivity contribution in [1.82, 2.24) is 63.5 Å². The number of thiol groups is 2. The lowest BCUT2D eigenvalue weighted by atomic mass is 10.0. The van der Waals surface area contributed by atoms with Crippen LogP contribution in [0.3, 0.4) is 0 Å². The third-order valence-corrected chi connectivity index (χ3v) is 14.3. The van der Waals surface area contributed by atoms with Crippen molar-refractivity contribution < 1.29 is 67.4 Å². The monoisotopic (exact) mass is 1300 g/mol. The Morgan fingerprint density at radius 1 is 0.556 bits per heavy atom. The summed E-state index contributed by atoms with van der Waals surface area (Å²) >= 11 is 8.37. The second-order valence-corrected chi connectivity index (χ2v) is 21.8. The first kappa shape index (κ1) is 75.2. The Morgan fingerprint density at radius 3 is 1.68 bits per heavy atom. The van der Waals surface area contributed by atoms with Crippen LogP contribution in [-0.4, -0.2) is 191 Å². The molecule has 0 aliphatic carbocycles. The summed E-state index contributed by atoms with van der Waals surface area (Å²) in [5, 5.41) is 38.1. The number of nitrogens with zero attached hydrogens (tertiary/aromatic N) is 1. The second kappa shape index (κ2) is 38.4.